The van der Waals surface area contributed by atoms with Crippen LogP contribution in [0.3, 0.4) is 0 Å². The Kier molecular flexibility index (Phi) is 7.65. The largest absolute Gasteiger partial charge is 0.504 e. The lowest BCUT2D eigenvalue weighted by molar-refractivity contribution is 0.0400. The number of piperazine rings is 1. The molecule has 0 unspecified atom stereocenters. The lowest BCUT2D eigenvalue weighted by atomic mass is 9.88. The first-order valence-corrected chi connectivity index (χ1v) is 10.6. The topological polar surface area (TPSA) is 56.2 Å². The van der Waals surface area contributed by atoms with Crippen LogP contribution in [0.1, 0.15) is 44.1 Å². The van der Waals surface area contributed by atoms with Gasteiger partial charge in [-0.1, -0.05) is 30.9 Å². The number of hydrogen-bond acceptors (Lipinski definition) is 5. The molecular formula is C21H33ClN2O3. The van der Waals surface area contributed by atoms with Gasteiger partial charge in [0, 0.05) is 56.5 Å². The highest BCUT2D eigenvalue weighted by molar-refractivity contribution is 6.31. The number of benzene rings is 1. The third kappa shape index (κ3) is 5.50. The molecule has 1 aromatic carbocycles. The van der Waals surface area contributed by atoms with Crippen LogP contribution in [0.25, 0.3) is 0 Å². The Morgan fingerprint density at radius 3 is 2.67 bits per heavy atom. The van der Waals surface area contributed by atoms with Gasteiger partial charge in [-0.15, -0.1) is 0 Å². The van der Waals surface area contributed by atoms with E-state index in [1.807, 2.05) is 6.07 Å². The lowest BCUT2D eigenvalue weighted by Gasteiger charge is -2.43. The normalized spacial score (nSPS) is 22.9. The second-order valence-corrected chi connectivity index (χ2v) is 8.42. The van der Waals surface area contributed by atoms with E-state index >= 15 is 0 Å². The zero-order chi connectivity index (χ0) is 19.2. The monoisotopic (exact) mass is 396 g/mol. The number of halogens is 1. The van der Waals surface area contributed by atoms with Crippen LogP contribution < -0.4 is 4.74 Å². The summed E-state index contributed by atoms with van der Waals surface area (Å²) in [6.07, 6.45) is 7.66. The summed E-state index contributed by atoms with van der Waals surface area (Å²) in [6.45, 7) is 5.10. The second-order valence-electron chi connectivity index (χ2n) is 8.02. The first kappa shape index (κ1) is 20.7. The van der Waals surface area contributed by atoms with Crippen molar-refractivity contribution in [1.82, 2.24) is 9.80 Å². The first-order valence-electron chi connectivity index (χ1n) is 10.2. The van der Waals surface area contributed by atoms with Gasteiger partial charge in [0.05, 0.1) is 7.11 Å². The molecule has 1 saturated carbocycles. The Morgan fingerprint density at radius 1 is 1.19 bits per heavy atom. The number of rotatable bonds is 7. The molecule has 0 amide bonds. The zero-order valence-electron chi connectivity index (χ0n) is 16.4. The summed E-state index contributed by atoms with van der Waals surface area (Å²) >= 11 is 6.34. The molecule has 1 aliphatic carbocycles. The molecule has 0 aromatic heterocycles. The number of methoxy groups -OCH3 is 1. The average molecular weight is 397 g/mol. The molecule has 1 saturated heterocycles. The molecule has 6 heteroatoms. The van der Waals surface area contributed by atoms with Crippen molar-refractivity contribution in [2.75, 3.05) is 39.9 Å². The van der Waals surface area contributed by atoms with Gasteiger partial charge in [0.15, 0.2) is 11.5 Å². The summed E-state index contributed by atoms with van der Waals surface area (Å²) in [5.41, 5.74) is 0.967. The molecule has 1 atom stereocenters. The van der Waals surface area contributed by atoms with Gasteiger partial charge in [0.1, 0.15) is 0 Å². The average Bonchev–Trinajstić information content (AvgIpc) is 2.67. The van der Waals surface area contributed by atoms with Gasteiger partial charge in [-0.2, -0.15) is 0 Å². The molecule has 2 fully saturated rings. The van der Waals surface area contributed by atoms with E-state index in [1.165, 1.54) is 38.6 Å². The van der Waals surface area contributed by atoms with Crippen LogP contribution in [-0.2, 0) is 6.54 Å². The fourth-order valence-electron chi connectivity index (χ4n) is 4.58. The van der Waals surface area contributed by atoms with Gasteiger partial charge in [0.2, 0.25) is 0 Å². The predicted molar refractivity (Wildman–Crippen MR) is 109 cm³/mol. The van der Waals surface area contributed by atoms with E-state index < -0.39 is 0 Å². The Bertz CT molecular complexity index is 607. The molecule has 27 heavy (non-hydrogen) atoms. The molecule has 1 aliphatic heterocycles. The molecule has 0 bridgehead atoms. The minimum atomic E-state index is 0.0710. The maximum atomic E-state index is 9.87. The van der Waals surface area contributed by atoms with Crippen LogP contribution in [0.15, 0.2) is 12.1 Å². The number of aromatic hydroxyl groups is 1. The van der Waals surface area contributed by atoms with Gasteiger partial charge >= 0.3 is 0 Å². The SMILES string of the molecule is COc1cc(CN2CCN(CC3CCCCC3)[C@@H](CCO)C2)c(Cl)cc1O. The number of phenols is 1. The van der Waals surface area contributed by atoms with Crippen LogP contribution >= 0.6 is 11.6 Å². The van der Waals surface area contributed by atoms with Crippen LogP contribution in [-0.4, -0.2) is 66.0 Å². The number of phenolic OH excluding ortho intramolecular Hbond substituents is 1. The van der Waals surface area contributed by atoms with Gasteiger partial charge < -0.3 is 14.9 Å². The van der Waals surface area contributed by atoms with E-state index in [1.54, 1.807) is 13.2 Å². The van der Waals surface area contributed by atoms with Gasteiger partial charge in [-0.25, -0.2) is 0 Å². The Balaban J connectivity index is 1.62. The maximum Gasteiger partial charge on any atom is 0.160 e. The van der Waals surface area contributed by atoms with Crippen molar-refractivity contribution >= 4 is 11.6 Å². The summed E-state index contributed by atoms with van der Waals surface area (Å²) < 4.78 is 5.22. The number of ether oxygens (including phenoxy) is 1. The second kappa shape index (κ2) is 9.97. The minimum Gasteiger partial charge on any atom is -0.504 e. The summed E-state index contributed by atoms with van der Waals surface area (Å²) in [5.74, 6) is 1.35. The smallest absolute Gasteiger partial charge is 0.160 e. The highest BCUT2D eigenvalue weighted by Crippen LogP contribution is 2.33. The Labute approximate surface area is 167 Å². The van der Waals surface area contributed by atoms with E-state index in [9.17, 15) is 10.2 Å². The first-order chi connectivity index (χ1) is 13.1. The van der Waals surface area contributed by atoms with Crippen molar-refractivity contribution in [2.45, 2.75) is 51.1 Å². The molecule has 1 heterocycles. The van der Waals surface area contributed by atoms with Crippen molar-refractivity contribution in [2.24, 2.45) is 5.92 Å². The molecule has 2 N–H and O–H groups in total. The maximum absolute atomic E-state index is 9.87. The van der Waals surface area contributed by atoms with Gasteiger partial charge in [-0.3, -0.25) is 9.80 Å². The molecule has 3 rings (SSSR count). The minimum absolute atomic E-state index is 0.0710. The molecule has 1 aromatic rings. The van der Waals surface area contributed by atoms with Crippen LogP contribution in [0.2, 0.25) is 5.02 Å². The Hall–Kier alpha value is -1.01. The third-order valence-electron chi connectivity index (χ3n) is 6.11. The van der Waals surface area contributed by atoms with Crippen molar-refractivity contribution in [3.63, 3.8) is 0 Å². The molecule has 0 radical (unpaired) electrons. The predicted octanol–water partition coefficient (Wildman–Crippen LogP) is 3.50. The van der Waals surface area contributed by atoms with Gasteiger partial charge in [0.25, 0.3) is 0 Å². The fraction of sp³-hybridized carbons (Fsp3) is 0.714. The van der Waals surface area contributed by atoms with E-state index in [2.05, 4.69) is 9.80 Å². The Morgan fingerprint density at radius 2 is 1.96 bits per heavy atom. The quantitative estimate of drug-likeness (QED) is 0.738. The van der Waals surface area contributed by atoms with Crippen molar-refractivity contribution in [3.8, 4) is 11.5 Å². The molecule has 152 valence electrons. The molecular weight excluding hydrogens is 364 g/mol. The summed E-state index contributed by atoms with van der Waals surface area (Å²) in [5, 5.41) is 20.0. The number of nitrogens with zero attached hydrogens (tertiary/aromatic N) is 2. The number of hydrogen-bond donors (Lipinski definition) is 2. The van der Waals surface area contributed by atoms with Crippen molar-refractivity contribution in [3.05, 3.63) is 22.7 Å². The van der Waals surface area contributed by atoms with Crippen LogP contribution in [0.4, 0.5) is 0 Å². The summed E-state index contributed by atoms with van der Waals surface area (Å²) in [4.78, 5) is 5.00. The van der Waals surface area contributed by atoms with Crippen LogP contribution in [0, 0.1) is 5.92 Å². The highest BCUT2D eigenvalue weighted by Gasteiger charge is 2.29. The lowest BCUT2D eigenvalue weighted by Crippen LogP contribution is -2.54. The molecule has 5 nitrogen and oxygen atoms in total. The number of aliphatic hydroxyl groups excluding tert-OH is 1. The van der Waals surface area contributed by atoms with E-state index in [-0.39, 0.29) is 12.4 Å². The van der Waals surface area contributed by atoms with Crippen molar-refractivity contribution in [1.29, 1.82) is 0 Å². The zero-order valence-corrected chi connectivity index (χ0v) is 17.1. The highest BCUT2D eigenvalue weighted by atomic mass is 35.5. The molecule has 0 spiro atoms. The third-order valence-corrected chi connectivity index (χ3v) is 6.46. The van der Waals surface area contributed by atoms with E-state index in [0.717, 1.165) is 44.1 Å². The number of aliphatic hydroxyl groups is 1. The standard InChI is InChI=1S/C21H33ClN2O3/c1-27-21-11-17(19(22)12-20(21)26)14-23-8-9-24(18(15-23)7-10-25)13-16-5-3-2-4-6-16/h11-12,16,18,25-26H,2-10,13-15H2,1H3/t18-/m0/s1. The van der Waals surface area contributed by atoms with Crippen LogP contribution in [0.5, 0.6) is 11.5 Å². The summed E-state index contributed by atoms with van der Waals surface area (Å²) in [7, 11) is 1.55. The summed E-state index contributed by atoms with van der Waals surface area (Å²) in [6, 6.07) is 3.77. The van der Waals surface area contributed by atoms with Gasteiger partial charge in [-0.05, 0) is 36.8 Å². The molecule has 2 aliphatic rings. The van der Waals surface area contributed by atoms with E-state index in [4.69, 9.17) is 16.3 Å². The van der Waals surface area contributed by atoms with Crippen molar-refractivity contribution < 1.29 is 14.9 Å². The van der Waals surface area contributed by atoms with E-state index in [0.29, 0.717) is 16.8 Å². The fourth-order valence-corrected chi connectivity index (χ4v) is 4.79.